The molecule has 0 spiro atoms. The SMILES string of the molecule is Cn1nc(C2CCC2)cc1NC(=O)N(Cc1ccccc1C(F)(F)F)C1CC1. The van der Waals surface area contributed by atoms with E-state index in [1.165, 1.54) is 23.5 Å². The van der Waals surface area contributed by atoms with E-state index in [1.54, 1.807) is 17.8 Å². The van der Waals surface area contributed by atoms with Gasteiger partial charge in [0, 0.05) is 31.6 Å². The van der Waals surface area contributed by atoms with Gasteiger partial charge in [-0.25, -0.2) is 4.79 Å². The number of hydrogen-bond donors (Lipinski definition) is 1. The van der Waals surface area contributed by atoms with E-state index in [2.05, 4.69) is 10.4 Å². The van der Waals surface area contributed by atoms with Crippen LogP contribution in [0.15, 0.2) is 30.3 Å². The molecular weight excluding hydrogens is 369 g/mol. The topological polar surface area (TPSA) is 50.2 Å². The first-order valence-corrected chi connectivity index (χ1v) is 9.59. The van der Waals surface area contributed by atoms with Gasteiger partial charge in [0.15, 0.2) is 0 Å². The van der Waals surface area contributed by atoms with Gasteiger partial charge in [-0.05, 0) is 37.3 Å². The van der Waals surface area contributed by atoms with Crippen LogP contribution in [0.25, 0.3) is 0 Å². The molecule has 28 heavy (non-hydrogen) atoms. The van der Waals surface area contributed by atoms with Crippen LogP contribution in [0.2, 0.25) is 0 Å². The maximum absolute atomic E-state index is 13.3. The maximum Gasteiger partial charge on any atom is 0.416 e. The Kier molecular flexibility index (Phi) is 4.81. The molecule has 1 N–H and O–H groups in total. The molecule has 5 nitrogen and oxygen atoms in total. The number of halogens is 3. The predicted octanol–water partition coefficient (Wildman–Crippen LogP) is 4.90. The molecule has 2 aliphatic carbocycles. The quantitative estimate of drug-likeness (QED) is 0.787. The summed E-state index contributed by atoms with van der Waals surface area (Å²) in [7, 11) is 1.76. The maximum atomic E-state index is 13.3. The monoisotopic (exact) mass is 392 g/mol. The summed E-state index contributed by atoms with van der Waals surface area (Å²) in [5, 5.41) is 7.31. The third kappa shape index (κ3) is 3.86. The van der Waals surface area contributed by atoms with Crippen LogP contribution in [0.1, 0.15) is 54.8 Å². The summed E-state index contributed by atoms with van der Waals surface area (Å²) in [4.78, 5) is 14.4. The summed E-state index contributed by atoms with van der Waals surface area (Å²) in [6.45, 7) is -0.0699. The summed E-state index contributed by atoms with van der Waals surface area (Å²) in [5.41, 5.74) is 0.378. The van der Waals surface area contributed by atoms with Gasteiger partial charge >= 0.3 is 12.2 Å². The standard InChI is InChI=1S/C20H23F3N4O/c1-26-18(11-17(25-26)13-6-4-7-13)24-19(28)27(15-9-10-15)12-14-5-2-3-8-16(14)20(21,22)23/h2-3,5,8,11,13,15H,4,6-7,9-10,12H2,1H3,(H,24,28). The molecule has 0 atom stereocenters. The van der Waals surface area contributed by atoms with Gasteiger partial charge in [0.05, 0.1) is 11.3 Å². The van der Waals surface area contributed by atoms with Crippen molar-refractivity contribution >= 4 is 11.8 Å². The first-order chi connectivity index (χ1) is 13.3. The molecule has 0 unspecified atom stereocenters. The van der Waals surface area contributed by atoms with Gasteiger partial charge in [0.1, 0.15) is 5.82 Å². The summed E-state index contributed by atoms with van der Waals surface area (Å²) in [6, 6.07) is 6.89. The van der Waals surface area contributed by atoms with Crippen LogP contribution in [0, 0.1) is 0 Å². The Labute approximate surface area is 161 Å². The number of urea groups is 1. The summed E-state index contributed by atoms with van der Waals surface area (Å²) < 4.78 is 41.5. The lowest BCUT2D eigenvalue weighted by atomic mass is 9.83. The molecule has 2 amide bonds. The molecule has 0 aliphatic heterocycles. The van der Waals surface area contributed by atoms with Crippen molar-refractivity contribution in [3.8, 4) is 0 Å². The van der Waals surface area contributed by atoms with Crippen LogP contribution in [-0.4, -0.2) is 26.8 Å². The number of nitrogens with zero attached hydrogens (tertiary/aromatic N) is 3. The zero-order chi connectivity index (χ0) is 19.9. The van der Waals surface area contributed by atoms with Crippen molar-refractivity contribution < 1.29 is 18.0 Å². The van der Waals surface area contributed by atoms with Gasteiger partial charge in [0.2, 0.25) is 0 Å². The van der Waals surface area contributed by atoms with Crippen LogP contribution < -0.4 is 5.32 Å². The van der Waals surface area contributed by atoms with E-state index >= 15 is 0 Å². The average molecular weight is 392 g/mol. The van der Waals surface area contributed by atoms with E-state index in [1.807, 2.05) is 6.07 Å². The van der Waals surface area contributed by atoms with Crippen molar-refractivity contribution in [1.29, 1.82) is 0 Å². The Morgan fingerprint density at radius 3 is 2.57 bits per heavy atom. The van der Waals surface area contributed by atoms with Gasteiger partial charge in [-0.2, -0.15) is 18.3 Å². The minimum Gasteiger partial charge on any atom is -0.317 e. The number of hydrogen-bond acceptors (Lipinski definition) is 2. The zero-order valence-electron chi connectivity index (χ0n) is 15.7. The van der Waals surface area contributed by atoms with E-state index in [4.69, 9.17) is 0 Å². The molecule has 2 fully saturated rings. The van der Waals surface area contributed by atoms with Gasteiger partial charge in [-0.1, -0.05) is 24.6 Å². The van der Waals surface area contributed by atoms with Gasteiger partial charge in [0.25, 0.3) is 0 Å². The Morgan fingerprint density at radius 1 is 1.25 bits per heavy atom. The Balaban J connectivity index is 1.51. The second kappa shape index (κ2) is 7.14. The molecule has 4 rings (SSSR count). The van der Waals surface area contributed by atoms with E-state index in [9.17, 15) is 18.0 Å². The fourth-order valence-electron chi connectivity index (χ4n) is 3.56. The van der Waals surface area contributed by atoms with Gasteiger partial charge in [-0.3, -0.25) is 10.00 Å². The molecule has 1 aromatic heterocycles. The Hall–Kier alpha value is -2.51. The number of carbonyl (C=O) groups is 1. The first kappa shape index (κ1) is 18.8. The Morgan fingerprint density at radius 2 is 1.96 bits per heavy atom. The fraction of sp³-hybridized carbons (Fsp3) is 0.500. The summed E-state index contributed by atoms with van der Waals surface area (Å²) >= 11 is 0. The Bertz CT molecular complexity index is 869. The van der Waals surface area contributed by atoms with Crippen LogP contribution in [0.5, 0.6) is 0 Å². The van der Waals surface area contributed by atoms with Crippen LogP contribution >= 0.6 is 0 Å². The van der Waals surface area contributed by atoms with E-state index < -0.39 is 11.7 Å². The third-order valence-corrected chi connectivity index (χ3v) is 5.57. The van der Waals surface area contributed by atoms with Crippen LogP contribution in [-0.2, 0) is 19.8 Å². The number of anilines is 1. The minimum atomic E-state index is -4.44. The molecule has 8 heteroatoms. The molecule has 2 aromatic rings. The van der Waals surface area contributed by atoms with Crippen LogP contribution in [0.3, 0.4) is 0 Å². The van der Waals surface area contributed by atoms with Crippen molar-refractivity contribution in [2.75, 3.05) is 5.32 Å². The van der Waals surface area contributed by atoms with Crippen molar-refractivity contribution in [2.24, 2.45) is 7.05 Å². The van der Waals surface area contributed by atoms with Gasteiger partial charge in [-0.15, -0.1) is 0 Å². The normalized spacial score (nSPS) is 17.3. The largest absolute Gasteiger partial charge is 0.416 e. The molecule has 0 saturated heterocycles. The number of aromatic nitrogens is 2. The highest BCUT2D eigenvalue weighted by molar-refractivity contribution is 5.89. The lowest BCUT2D eigenvalue weighted by Crippen LogP contribution is -2.37. The number of nitrogens with one attached hydrogen (secondary N) is 1. The first-order valence-electron chi connectivity index (χ1n) is 9.59. The summed E-state index contributed by atoms with van der Waals surface area (Å²) in [5.74, 6) is 1.01. The van der Waals surface area contributed by atoms with Crippen molar-refractivity contribution in [3.63, 3.8) is 0 Å². The average Bonchev–Trinajstić information content (AvgIpc) is 3.36. The molecule has 1 heterocycles. The molecule has 150 valence electrons. The number of amides is 2. The van der Waals surface area contributed by atoms with E-state index in [0.717, 1.165) is 37.4 Å². The van der Waals surface area contributed by atoms with Gasteiger partial charge < -0.3 is 4.90 Å². The fourth-order valence-corrected chi connectivity index (χ4v) is 3.56. The third-order valence-electron chi connectivity index (χ3n) is 5.57. The number of aryl methyl sites for hydroxylation is 1. The number of carbonyl (C=O) groups excluding carboxylic acids is 1. The second-order valence-electron chi connectivity index (χ2n) is 7.65. The number of alkyl halides is 3. The highest BCUT2D eigenvalue weighted by atomic mass is 19.4. The number of benzene rings is 1. The minimum absolute atomic E-state index is 0.0272. The van der Waals surface area contributed by atoms with Crippen molar-refractivity contribution in [1.82, 2.24) is 14.7 Å². The van der Waals surface area contributed by atoms with Crippen LogP contribution in [0.4, 0.5) is 23.8 Å². The number of rotatable bonds is 5. The molecule has 2 saturated carbocycles. The molecule has 0 radical (unpaired) electrons. The molecule has 2 aliphatic rings. The molecule has 0 bridgehead atoms. The van der Waals surface area contributed by atoms with Crippen molar-refractivity contribution in [2.45, 2.75) is 56.8 Å². The van der Waals surface area contributed by atoms with E-state index in [0.29, 0.717) is 11.7 Å². The zero-order valence-corrected chi connectivity index (χ0v) is 15.7. The smallest absolute Gasteiger partial charge is 0.317 e. The molecule has 1 aromatic carbocycles. The molecular formula is C20H23F3N4O. The van der Waals surface area contributed by atoms with Crippen molar-refractivity contribution in [3.05, 3.63) is 47.2 Å². The second-order valence-corrected chi connectivity index (χ2v) is 7.65. The highest BCUT2D eigenvalue weighted by Crippen LogP contribution is 2.37. The van der Waals surface area contributed by atoms with E-state index in [-0.39, 0.29) is 24.2 Å². The lowest BCUT2D eigenvalue weighted by Gasteiger charge is -2.24. The predicted molar refractivity (Wildman–Crippen MR) is 98.8 cm³/mol. The summed E-state index contributed by atoms with van der Waals surface area (Å²) in [6.07, 6.45) is 0.569. The highest BCUT2D eigenvalue weighted by Gasteiger charge is 2.37. The lowest BCUT2D eigenvalue weighted by molar-refractivity contribution is -0.138.